The van der Waals surface area contributed by atoms with Crippen molar-refractivity contribution in [2.45, 2.75) is 63.3 Å². The van der Waals surface area contributed by atoms with Gasteiger partial charge in [0.15, 0.2) is 0 Å². The second-order valence-electron chi connectivity index (χ2n) is 8.16. The van der Waals surface area contributed by atoms with Crippen LogP contribution in [-0.2, 0) is 0 Å². The van der Waals surface area contributed by atoms with Crippen LogP contribution in [0.1, 0.15) is 45.2 Å². The average molecular weight is 391 g/mol. The molecule has 2 aromatic rings. The van der Waals surface area contributed by atoms with E-state index in [0.29, 0.717) is 11.2 Å². The first-order valence-electron chi connectivity index (χ1n) is 9.51. The van der Waals surface area contributed by atoms with Crippen molar-refractivity contribution < 1.29 is 8.78 Å². The molecule has 1 aliphatic carbocycles. The van der Waals surface area contributed by atoms with E-state index in [-0.39, 0.29) is 22.9 Å². The van der Waals surface area contributed by atoms with Crippen LogP contribution in [0.25, 0.3) is 10.8 Å². The number of halogens is 2. The van der Waals surface area contributed by atoms with E-state index >= 15 is 0 Å². The Bertz CT molecular complexity index is 861. The Balaban J connectivity index is 1.76. The van der Waals surface area contributed by atoms with Crippen LogP contribution in [-0.4, -0.2) is 42.2 Å². The summed E-state index contributed by atoms with van der Waals surface area (Å²) in [6.45, 7) is 6.32. The zero-order valence-electron chi connectivity index (χ0n) is 16.0. The van der Waals surface area contributed by atoms with Crippen LogP contribution in [0.15, 0.2) is 18.3 Å². The van der Waals surface area contributed by atoms with Crippen molar-refractivity contribution in [2.24, 2.45) is 5.73 Å². The highest BCUT2D eigenvalue weighted by atomic mass is 28.3. The van der Waals surface area contributed by atoms with Gasteiger partial charge in [0.1, 0.15) is 26.1 Å². The van der Waals surface area contributed by atoms with Gasteiger partial charge in [0.25, 0.3) is 6.43 Å². The summed E-state index contributed by atoms with van der Waals surface area (Å²) in [5.41, 5.74) is 5.99. The molecule has 5 nitrogen and oxygen atoms in total. The quantitative estimate of drug-likeness (QED) is 0.780. The molecule has 3 heterocycles. The molecule has 8 heteroatoms. The van der Waals surface area contributed by atoms with Gasteiger partial charge < -0.3 is 16.0 Å². The summed E-state index contributed by atoms with van der Waals surface area (Å²) in [6, 6.07) is 3.80. The van der Waals surface area contributed by atoms with Gasteiger partial charge in [0.2, 0.25) is 0 Å². The molecule has 2 fully saturated rings. The number of rotatable bonds is 4. The Morgan fingerprint density at radius 1 is 1.37 bits per heavy atom. The molecule has 1 unspecified atom stereocenters. The van der Waals surface area contributed by atoms with Crippen molar-refractivity contribution in [3.05, 3.63) is 24.0 Å². The normalized spacial score (nSPS) is 25.8. The standard InChI is InChI=1S/C19H26F2N5Si/c1-11(2)24-18-14-7-16(23-9-12(14)6-15(25-18)17(20)21)26-10-27(3)19(26)5-4-13(22)8-19/h6-7,9,11,13,17H,4-5,8,10,22H2,1-3H3,(H,24,25)/t13-,19?/m1/s1. The molecule has 1 spiro atoms. The molecular weight excluding hydrogens is 364 g/mol. The van der Waals surface area contributed by atoms with E-state index in [1.807, 2.05) is 19.9 Å². The van der Waals surface area contributed by atoms with Crippen molar-refractivity contribution in [1.29, 1.82) is 0 Å². The first kappa shape index (κ1) is 18.6. The molecule has 2 aliphatic rings. The van der Waals surface area contributed by atoms with Crippen molar-refractivity contribution in [3.8, 4) is 0 Å². The van der Waals surface area contributed by atoms with Crippen LogP contribution in [0.3, 0.4) is 0 Å². The minimum absolute atomic E-state index is 0.0962. The number of nitrogens with zero attached hydrogens (tertiary/aromatic N) is 3. The van der Waals surface area contributed by atoms with Crippen molar-refractivity contribution in [2.75, 3.05) is 16.4 Å². The number of alkyl halides is 2. The molecule has 3 N–H and O–H groups in total. The summed E-state index contributed by atoms with van der Waals surface area (Å²) >= 11 is 0. The minimum atomic E-state index is -2.61. The van der Waals surface area contributed by atoms with E-state index in [2.05, 4.69) is 26.7 Å². The molecule has 1 saturated carbocycles. The van der Waals surface area contributed by atoms with Gasteiger partial charge in [-0.15, -0.1) is 0 Å². The van der Waals surface area contributed by atoms with Gasteiger partial charge in [-0.1, -0.05) is 6.55 Å². The van der Waals surface area contributed by atoms with Gasteiger partial charge in [0.05, 0.1) is 0 Å². The highest BCUT2D eigenvalue weighted by Crippen LogP contribution is 2.46. The summed E-state index contributed by atoms with van der Waals surface area (Å²) in [5.74, 6) is 1.41. The highest BCUT2D eigenvalue weighted by Gasteiger charge is 2.55. The summed E-state index contributed by atoms with van der Waals surface area (Å²) in [6.07, 6.45) is 3.35. The SMILES string of the molecule is CC(C)Nc1nc(C(F)F)cc2cnc(N3C[Si](C)C34CC[C@@H](N)C4)cc12. The van der Waals surface area contributed by atoms with Gasteiger partial charge in [-0.3, -0.25) is 0 Å². The summed E-state index contributed by atoms with van der Waals surface area (Å²) in [7, 11) is -0.482. The Labute approximate surface area is 160 Å². The third-order valence-electron chi connectivity index (χ3n) is 5.88. The lowest BCUT2D eigenvalue weighted by atomic mass is 10.1. The third kappa shape index (κ3) is 3.08. The Morgan fingerprint density at radius 3 is 2.74 bits per heavy atom. The van der Waals surface area contributed by atoms with Crippen LogP contribution < -0.4 is 16.0 Å². The predicted molar refractivity (Wildman–Crippen MR) is 107 cm³/mol. The largest absolute Gasteiger partial charge is 0.367 e. The number of aromatic nitrogens is 2. The van der Waals surface area contributed by atoms with Crippen LogP contribution >= 0.6 is 0 Å². The number of hydrogen-bond donors (Lipinski definition) is 2. The van der Waals surface area contributed by atoms with Crippen molar-refractivity contribution >= 4 is 31.2 Å². The lowest BCUT2D eigenvalue weighted by Crippen LogP contribution is -2.72. The second kappa shape index (κ2) is 6.67. The fourth-order valence-corrected chi connectivity index (χ4v) is 7.28. The Kier molecular flexibility index (Phi) is 4.58. The molecule has 2 aromatic heterocycles. The first-order chi connectivity index (χ1) is 12.8. The average Bonchev–Trinajstić information content (AvgIpc) is 3.03. The van der Waals surface area contributed by atoms with Gasteiger partial charge in [-0.05, 0) is 45.2 Å². The second-order valence-corrected chi connectivity index (χ2v) is 11.0. The number of nitrogens with two attached hydrogens (primary N) is 1. The lowest BCUT2D eigenvalue weighted by Gasteiger charge is -2.56. The number of pyridine rings is 2. The van der Waals surface area contributed by atoms with E-state index in [4.69, 9.17) is 5.73 Å². The molecule has 1 radical (unpaired) electrons. The fourth-order valence-electron chi connectivity index (χ4n) is 4.47. The molecular formula is C19H26F2N5Si. The molecule has 145 valence electrons. The molecule has 0 aromatic carbocycles. The third-order valence-corrected chi connectivity index (χ3v) is 8.98. The van der Waals surface area contributed by atoms with Gasteiger partial charge in [-0.25, -0.2) is 18.7 Å². The molecule has 1 saturated heterocycles. The fraction of sp³-hybridized carbons (Fsp3) is 0.579. The van der Waals surface area contributed by atoms with E-state index in [1.165, 1.54) is 6.07 Å². The number of anilines is 2. The monoisotopic (exact) mass is 390 g/mol. The zero-order valence-corrected chi connectivity index (χ0v) is 17.0. The Hall–Kier alpha value is -1.80. The summed E-state index contributed by atoms with van der Waals surface area (Å²) in [4.78, 5) is 11.2. The highest BCUT2D eigenvalue weighted by molar-refractivity contribution is 6.66. The van der Waals surface area contributed by atoms with E-state index in [9.17, 15) is 8.78 Å². The molecule has 0 amide bonds. The van der Waals surface area contributed by atoms with Crippen molar-refractivity contribution in [3.63, 3.8) is 0 Å². The summed E-state index contributed by atoms with van der Waals surface area (Å²) in [5, 5.41) is 4.93. The zero-order chi connectivity index (χ0) is 19.3. The number of fused-ring (bicyclic) bond motifs is 1. The van der Waals surface area contributed by atoms with Crippen LogP contribution in [0.4, 0.5) is 20.4 Å². The topological polar surface area (TPSA) is 67.1 Å². The van der Waals surface area contributed by atoms with Crippen LogP contribution in [0.2, 0.25) is 6.55 Å². The molecule has 0 bridgehead atoms. The van der Waals surface area contributed by atoms with Crippen LogP contribution in [0.5, 0.6) is 0 Å². The maximum atomic E-state index is 13.2. The molecule has 27 heavy (non-hydrogen) atoms. The maximum Gasteiger partial charge on any atom is 0.280 e. The van der Waals surface area contributed by atoms with E-state index < -0.39 is 15.2 Å². The van der Waals surface area contributed by atoms with Gasteiger partial charge >= 0.3 is 0 Å². The molecule has 2 atom stereocenters. The summed E-state index contributed by atoms with van der Waals surface area (Å²) < 4.78 is 26.5. The van der Waals surface area contributed by atoms with Crippen molar-refractivity contribution in [1.82, 2.24) is 9.97 Å². The van der Waals surface area contributed by atoms with Crippen LogP contribution in [0, 0.1) is 0 Å². The van der Waals surface area contributed by atoms with Gasteiger partial charge in [0, 0.05) is 40.4 Å². The predicted octanol–water partition coefficient (Wildman–Crippen LogP) is 3.66. The molecule has 1 aliphatic heterocycles. The maximum absolute atomic E-state index is 13.2. The number of hydrogen-bond acceptors (Lipinski definition) is 5. The Morgan fingerprint density at radius 2 is 2.15 bits per heavy atom. The van der Waals surface area contributed by atoms with Gasteiger partial charge in [-0.2, -0.15) is 0 Å². The first-order valence-corrected chi connectivity index (χ1v) is 11.7. The minimum Gasteiger partial charge on any atom is -0.367 e. The lowest BCUT2D eigenvalue weighted by molar-refractivity contribution is 0.146. The smallest absolute Gasteiger partial charge is 0.280 e. The van der Waals surface area contributed by atoms with E-state index in [1.54, 1.807) is 6.20 Å². The number of nitrogens with one attached hydrogen (secondary N) is 1. The van der Waals surface area contributed by atoms with E-state index in [0.717, 1.165) is 36.6 Å². The molecule has 4 rings (SSSR count).